The second kappa shape index (κ2) is 10.7. The van der Waals surface area contributed by atoms with Crippen molar-refractivity contribution in [3.05, 3.63) is 65.3 Å². The zero-order chi connectivity index (χ0) is 24.1. The van der Waals surface area contributed by atoms with Crippen LogP contribution in [0.15, 0.2) is 47.0 Å². The highest BCUT2D eigenvalue weighted by atomic mass is 19.3. The Morgan fingerprint density at radius 3 is 2.65 bits per heavy atom. The highest BCUT2D eigenvalue weighted by molar-refractivity contribution is 5.97. The number of aryl methyl sites for hydroxylation is 2. The van der Waals surface area contributed by atoms with Crippen molar-refractivity contribution in [2.75, 3.05) is 32.7 Å². The fraction of sp³-hybridized carbons (Fsp3) is 0.375. The van der Waals surface area contributed by atoms with E-state index in [1.165, 1.54) is 18.2 Å². The van der Waals surface area contributed by atoms with E-state index in [-0.39, 0.29) is 23.0 Å². The second-order valence-electron chi connectivity index (χ2n) is 8.09. The quantitative estimate of drug-likeness (QED) is 0.488. The maximum absolute atomic E-state index is 13.8. The number of benzene rings is 2. The van der Waals surface area contributed by atoms with Gasteiger partial charge in [-0.1, -0.05) is 29.4 Å². The maximum Gasteiger partial charge on any atom is 0.387 e. The Kier molecular flexibility index (Phi) is 7.46. The Labute approximate surface area is 195 Å². The van der Waals surface area contributed by atoms with Gasteiger partial charge in [0, 0.05) is 38.2 Å². The number of carbonyl (C=O) groups excluding carboxylic acids is 1. The first kappa shape index (κ1) is 23.7. The van der Waals surface area contributed by atoms with Gasteiger partial charge < -0.3 is 14.2 Å². The fourth-order valence-electron chi connectivity index (χ4n) is 3.85. The van der Waals surface area contributed by atoms with E-state index in [1.807, 2.05) is 0 Å². The molecule has 1 saturated heterocycles. The van der Waals surface area contributed by atoms with E-state index in [2.05, 4.69) is 19.8 Å². The van der Waals surface area contributed by atoms with Crippen LogP contribution in [-0.4, -0.2) is 65.2 Å². The van der Waals surface area contributed by atoms with E-state index < -0.39 is 6.61 Å². The number of hydrogen-bond acceptors (Lipinski definition) is 6. The highest BCUT2D eigenvalue weighted by Crippen LogP contribution is 2.23. The van der Waals surface area contributed by atoms with Crippen LogP contribution >= 0.6 is 0 Å². The second-order valence-corrected chi connectivity index (χ2v) is 8.09. The van der Waals surface area contributed by atoms with Crippen LogP contribution in [0.3, 0.4) is 0 Å². The minimum atomic E-state index is -2.99. The molecule has 2 heterocycles. The van der Waals surface area contributed by atoms with Crippen LogP contribution < -0.4 is 4.74 Å². The molecule has 0 spiro atoms. The van der Waals surface area contributed by atoms with Gasteiger partial charge in [0.1, 0.15) is 11.6 Å². The summed E-state index contributed by atoms with van der Waals surface area (Å²) in [6.45, 7) is 1.81. The molecular formula is C24H25F3N4O3. The number of alkyl halides is 2. The normalized spacial score (nSPS) is 14.6. The number of aromatic nitrogens is 2. The maximum atomic E-state index is 13.8. The minimum Gasteiger partial charge on any atom is -0.434 e. The van der Waals surface area contributed by atoms with Gasteiger partial charge in [-0.3, -0.25) is 9.69 Å². The number of nitrogens with zero attached hydrogens (tertiary/aromatic N) is 4. The summed E-state index contributed by atoms with van der Waals surface area (Å²) in [5, 5.41) is 3.94. The molecule has 0 unspecified atom stereocenters. The highest BCUT2D eigenvalue weighted by Gasteiger charge is 2.25. The number of amides is 1. The lowest BCUT2D eigenvalue weighted by molar-refractivity contribution is -0.0503. The molecule has 7 nitrogen and oxygen atoms in total. The molecule has 0 atom stereocenters. The average Bonchev–Trinajstić information content (AvgIpc) is 3.30. The lowest BCUT2D eigenvalue weighted by Crippen LogP contribution is -2.49. The smallest absolute Gasteiger partial charge is 0.387 e. The largest absolute Gasteiger partial charge is 0.434 e. The van der Waals surface area contributed by atoms with Crippen molar-refractivity contribution in [3.8, 4) is 17.1 Å². The van der Waals surface area contributed by atoms with Gasteiger partial charge in [0.2, 0.25) is 11.7 Å². The van der Waals surface area contributed by atoms with Gasteiger partial charge in [-0.2, -0.15) is 13.8 Å². The molecule has 1 aliphatic rings. The molecule has 34 heavy (non-hydrogen) atoms. The predicted octanol–water partition coefficient (Wildman–Crippen LogP) is 4.18. The standard InChI is InChI=1S/C24H25F3N4O3/c1-16-8-9-17(15-19(16)25)22-28-21(34-29-22)7-4-10-30-11-13-31(14-12-30)23(32)18-5-2-3-6-20(18)33-24(26)27/h2-3,5-6,8-9,15,24H,4,7,10-14H2,1H3. The molecule has 4 rings (SSSR count). The number of piperazine rings is 1. The van der Waals surface area contributed by atoms with Crippen LogP contribution in [0.25, 0.3) is 11.4 Å². The Morgan fingerprint density at radius 2 is 1.91 bits per heavy atom. The summed E-state index contributed by atoms with van der Waals surface area (Å²) in [5.74, 6) is 0.100. The average molecular weight is 474 g/mol. The summed E-state index contributed by atoms with van der Waals surface area (Å²) in [6.07, 6.45) is 1.36. The first-order valence-corrected chi connectivity index (χ1v) is 11.1. The van der Waals surface area contributed by atoms with Gasteiger partial charge in [-0.25, -0.2) is 4.39 Å². The van der Waals surface area contributed by atoms with E-state index in [4.69, 9.17) is 4.52 Å². The lowest BCUT2D eigenvalue weighted by Gasteiger charge is -2.34. The number of carbonyl (C=O) groups is 1. The van der Waals surface area contributed by atoms with Crippen molar-refractivity contribution >= 4 is 5.91 Å². The van der Waals surface area contributed by atoms with Gasteiger partial charge in [0.05, 0.1) is 5.56 Å². The Balaban J connectivity index is 1.24. The fourth-order valence-corrected chi connectivity index (χ4v) is 3.85. The number of hydrogen-bond donors (Lipinski definition) is 0. The van der Waals surface area contributed by atoms with Gasteiger partial charge in [0.15, 0.2) is 0 Å². The molecule has 1 amide bonds. The molecule has 1 fully saturated rings. The van der Waals surface area contributed by atoms with Crippen molar-refractivity contribution in [1.82, 2.24) is 19.9 Å². The van der Waals surface area contributed by atoms with E-state index in [0.29, 0.717) is 55.4 Å². The number of para-hydroxylation sites is 1. The first-order valence-electron chi connectivity index (χ1n) is 11.1. The number of halogens is 3. The van der Waals surface area contributed by atoms with Crippen LogP contribution in [0.1, 0.15) is 28.2 Å². The third-order valence-corrected chi connectivity index (χ3v) is 5.76. The third-order valence-electron chi connectivity index (χ3n) is 5.76. The van der Waals surface area contributed by atoms with E-state index in [9.17, 15) is 18.0 Å². The summed E-state index contributed by atoms with van der Waals surface area (Å²) in [5.41, 5.74) is 1.26. The molecule has 180 valence electrons. The summed E-state index contributed by atoms with van der Waals surface area (Å²) >= 11 is 0. The number of rotatable bonds is 8. The first-order chi connectivity index (χ1) is 16.4. The molecule has 1 aliphatic heterocycles. The third kappa shape index (κ3) is 5.74. The zero-order valence-electron chi connectivity index (χ0n) is 18.7. The Bertz CT molecular complexity index is 1130. The topological polar surface area (TPSA) is 71.7 Å². The molecule has 3 aromatic rings. The number of ether oxygens (including phenoxy) is 1. The van der Waals surface area contributed by atoms with E-state index in [1.54, 1.807) is 36.1 Å². The SMILES string of the molecule is Cc1ccc(-c2noc(CCCN3CCN(C(=O)c4ccccc4OC(F)F)CC3)n2)cc1F. The van der Waals surface area contributed by atoms with Crippen LogP contribution in [0.5, 0.6) is 5.75 Å². The van der Waals surface area contributed by atoms with Gasteiger partial charge in [-0.15, -0.1) is 0 Å². The van der Waals surface area contributed by atoms with Crippen LogP contribution in [0.4, 0.5) is 13.2 Å². The van der Waals surface area contributed by atoms with Crippen LogP contribution in [0.2, 0.25) is 0 Å². The lowest BCUT2D eigenvalue weighted by atomic mass is 10.1. The summed E-state index contributed by atoms with van der Waals surface area (Å²) in [4.78, 5) is 21.0. The zero-order valence-corrected chi connectivity index (χ0v) is 18.7. The molecular weight excluding hydrogens is 449 g/mol. The molecule has 10 heteroatoms. The molecule has 0 radical (unpaired) electrons. The van der Waals surface area contributed by atoms with Gasteiger partial charge in [0.25, 0.3) is 5.91 Å². The van der Waals surface area contributed by atoms with Crippen molar-refractivity contribution in [1.29, 1.82) is 0 Å². The van der Waals surface area contributed by atoms with Gasteiger partial charge in [-0.05, 0) is 43.7 Å². The van der Waals surface area contributed by atoms with Crippen molar-refractivity contribution in [3.63, 3.8) is 0 Å². The predicted molar refractivity (Wildman–Crippen MR) is 118 cm³/mol. The Morgan fingerprint density at radius 1 is 1.15 bits per heavy atom. The minimum absolute atomic E-state index is 0.114. The summed E-state index contributed by atoms with van der Waals surface area (Å²) in [7, 11) is 0. The van der Waals surface area contributed by atoms with E-state index in [0.717, 1.165) is 13.0 Å². The Hall–Kier alpha value is -3.40. The van der Waals surface area contributed by atoms with Crippen LogP contribution in [0, 0.1) is 12.7 Å². The molecule has 0 N–H and O–H groups in total. The molecule has 2 aromatic carbocycles. The van der Waals surface area contributed by atoms with Crippen molar-refractivity contribution in [2.24, 2.45) is 0 Å². The summed E-state index contributed by atoms with van der Waals surface area (Å²) in [6, 6.07) is 10.9. The molecule has 1 aromatic heterocycles. The molecule has 0 bridgehead atoms. The molecule has 0 aliphatic carbocycles. The van der Waals surface area contributed by atoms with Gasteiger partial charge >= 0.3 is 6.61 Å². The monoisotopic (exact) mass is 474 g/mol. The van der Waals surface area contributed by atoms with Crippen molar-refractivity contribution < 1.29 is 27.2 Å². The van der Waals surface area contributed by atoms with Crippen LogP contribution in [-0.2, 0) is 6.42 Å². The van der Waals surface area contributed by atoms with Crippen molar-refractivity contribution in [2.45, 2.75) is 26.4 Å². The molecule has 0 saturated carbocycles. The summed E-state index contributed by atoms with van der Waals surface area (Å²) < 4.78 is 48.8. The van der Waals surface area contributed by atoms with E-state index >= 15 is 0 Å².